The summed E-state index contributed by atoms with van der Waals surface area (Å²) in [6.07, 6.45) is 0. The Hall–Kier alpha value is -3.07. The minimum atomic E-state index is -1.11. The molecule has 0 heterocycles. The Bertz CT molecular complexity index is 901. The molecule has 0 fully saturated rings. The van der Waals surface area contributed by atoms with E-state index in [2.05, 4.69) is 0 Å². The van der Waals surface area contributed by atoms with Crippen molar-refractivity contribution in [3.8, 4) is 5.75 Å². The quantitative estimate of drug-likeness (QED) is 0.651. The van der Waals surface area contributed by atoms with E-state index in [4.69, 9.17) is 0 Å². The number of phenols is 1. The second-order valence-electron chi connectivity index (χ2n) is 6.54. The zero-order valence-electron chi connectivity index (χ0n) is 14.9. The maximum Gasteiger partial charge on any atom is 0.339 e. The Balaban J connectivity index is 2.09. The van der Waals surface area contributed by atoms with E-state index >= 15 is 0 Å². The van der Waals surface area contributed by atoms with Crippen LogP contribution in [0, 0.1) is 0 Å². The number of carboxylic acid groups (broad SMARTS) is 1. The van der Waals surface area contributed by atoms with Crippen LogP contribution >= 0.6 is 0 Å². The smallest absolute Gasteiger partial charge is 0.339 e. The van der Waals surface area contributed by atoms with E-state index in [9.17, 15) is 15.0 Å². The van der Waals surface area contributed by atoms with E-state index in [1.807, 2.05) is 86.6 Å². The summed E-state index contributed by atoms with van der Waals surface area (Å²) < 4.78 is 0. The summed E-state index contributed by atoms with van der Waals surface area (Å²) >= 11 is 0. The minimum Gasteiger partial charge on any atom is -0.507 e. The minimum absolute atomic E-state index is 0.0124. The molecule has 3 aromatic carbocycles. The van der Waals surface area contributed by atoms with Gasteiger partial charge in [-0.25, -0.2) is 4.79 Å². The molecule has 0 saturated heterocycles. The van der Waals surface area contributed by atoms with Gasteiger partial charge >= 0.3 is 5.97 Å². The summed E-state index contributed by atoms with van der Waals surface area (Å²) in [6.45, 7) is 3.92. The van der Waals surface area contributed by atoms with Crippen LogP contribution in [0.25, 0.3) is 0 Å². The predicted octanol–water partition coefficient (Wildman–Crippen LogP) is 5.39. The van der Waals surface area contributed by atoms with Crippen LogP contribution in [-0.4, -0.2) is 16.2 Å². The van der Waals surface area contributed by atoms with Crippen molar-refractivity contribution in [3.05, 3.63) is 101 Å². The highest BCUT2D eigenvalue weighted by atomic mass is 16.4. The van der Waals surface area contributed by atoms with Crippen LogP contribution in [0.3, 0.4) is 0 Å². The molecule has 3 rings (SSSR count). The molecule has 3 heteroatoms. The number of hydrogen-bond acceptors (Lipinski definition) is 2. The third-order valence-corrected chi connectivity index (χ3v) is 4.99. The van der Waals surface area contributed by atoms with E-state index in [1.165, 1.54) is 0 Å². The van der Waals surface area contributed by atoms with Crippen LogP contribution < -0.4 is 0 Å². The van der Waals surface area contributed by atoms with Crippen molar-refractivity contribution < 1.29 is 15.0 Å². The molecule has 0 spiro atoms. The molecule has 3 nitrogen and oxygen atoms in total. The number of benzene rings is 3. The molecule has 0 amide bonds. The van der Waals surface area contributed by atoms with Gasteiger partial charge in [-0.05, 0) is 16.7 Å². The van der Waals surface area contributed by atoms with Gasteiger partial charge < -0.3 is 10.2 Å². The van der Waals surface area contributed by atoms with Gasteiger partial charge in [-0.3, -0.25) is 0 Å². The Morgan fingerprint density at radius 1 is 0.731 bits per heavy atom. The molecule has 26 heavy (non-hydrogen) atoms. The maximum atomic E-state index is 11.9. The molecule has 0 saturated carbocycles. The number of rotatable bonds is 5. The lowest BCUT2D eigenvalue weighted by Gasteiger charge is -2.20. The van der Waals surface area contributed by atoms with Gasteiger partial charge in [0.2, 0.25) is 0 Å². The van der Waals surface area contributed by atoms with E-state index in [0.717, 1.165) is 11.1 Å². The van der Waals surface area contributed by atoms with Crippen molar-refractivity contribution in [2.75, 3.05) is 0 Å². The lowest BCUT2D eigenvalue weighted by atomic mass is 9.84. The summed E-state index contributed by atoms with van der Waals surface area (Å²) in [5.74, 6) is -1.49. The second kappa shape index (κ2) is 7.44. The highest BCUT2D eigenvalue weighted by Crippen LogP contribution is 2.38. The van der Waals surface area contributed by atoms with E-state index in [-0.39, 0.29) is 23.1 Å². The lowest BCUT2D eigenvalue weighted by molar-refractivity contribution is 0.0692. The summed E-state index contributed by atoms with van der Waals surface area (Å²) in [5.41, 5.74) is 3.27. The molecule has 2 atom stereocenters. The first-order chi connectivity index (χ1) is 12.5. The predicted molar refractivity (Wildman–Crippen MR) is 103 cm³/mol. The molecule has 0 aliphatic rings. The number of hydrogen-bond donors (Lipinski definition) is 2. The topological polar surface area (TPSA) is 57.5 Å². The Kier molecular flexibility index (Phi) is 5.08. The van der Waals surface area contributed by atoms with E-state index in [0.29, 0.717) is 11.1 Å². The van der Waals surface area contributed by atoms with Gasteiger partial charge in [-0.15, -0.1) is 0 Å². The van der Waals surface area contributed by atoms with E-state index in [1.54, 1.807) is 0 Å². The molecule has 0 aliphatic heterocycles. The van der Waals surface area contributed by atoms with Crippen molar-refractivity contribution in [1.82, 2.24) is 0 Å². The molecule has 3 aromatic rings. The van der Waals surface area contributed by atoms with Crippen LogP contribution in [0.2, 0.25) is 0 Å². The van der Waals surface area contributed by atoms with Gasteiger partial charge in [0.15, 0.2) is 0 Å². The van der Waals surface area contributed by atoms with Crippen LogP contribution in [0.5, 0.6) is 5.75 Å². The van der Waals surface area contributed by atoms with Gasteiger partial charge in [0.25, 0.3) is 0 Å². The first kappa shape index (κ1) is 17.7. The van der Waals surface area contributed by atoms with Crippen LogP contribution in [0.4, 0.5) is 0 Å². The Labute approximate surface area is 153 Å². The van der Waals surface area contributed by atoms with Gasteiger partial charge in [-0.1, -0.05) is 86.6 Å². The highest BCUT2D eigenvalue weighted by molar-refractivity contribution is 5.93. The number of carbonyl (C=O) groups is 1. The average molecular weight is 346 g/mol. The van der Waals surface area contributed by atoms with Crippen LogP contribution in [0.1, 0.15) is 58.3 Å². The van der Waals surface area contributed by atoms with Crippen LogP contribution in [-0.2, 0) is 0 Å². The first-order valence-electron chi connectivity index (χ1n) is 8.69. The van der Waals surface area contributed by atoms with Crippen molar-refractivity contribution in [1.29, 1.82) is 0 Å². The van der Waals surface area contributed by atoms with Gasteiger partial charge in [0.1, 0.15) is 11.3 Å². The SMILES string of the molecule is CC(c1ccccc1)c1ccc(C(C)c2ccccc2)c(C(=O)O)c1O. The Morgan fingerprint density at radius 3 is 1.62 bits per heavy atom. The summed E-state index contributed by atoms with van der Waals surface area (Å²) in [5, 5.41) is 20.5. The fourth-order valence-electron chi connectivity index (χ4n) is 3.40. The molecule has 2 unspecified atom stereocenters. The summed E-state index contributed by atoms with van der Waals surface area (Å²) in [6, 6.07) is 23.1. The second-order valence-corrected chi connectivity index (χ2v) is 6.54. The molecular formula is C23H22O3. The number of aromatic hydroxyl groups is 1. The molecule has 0 aliphatic carbocycles. The Morgan fingerprint density at radius 2 is 1.15 bits per heavy atom. The molecule has 0 radical (unpaired) electrons. The zero-order valence-corrected chi connectivity index (χ0v) is 14.9. The largest absolute Gasteiger partial charge is 0.507 e. The zero-order chi connectivity index (χ0) is 18.7. The molecule has 2 N–H and O–H groups in total. The molecule has 132 valence electrons. The third kappa shape index (κ3) is 3.33. The van der Waals surface area contributed by atoms with Crippen molar-refractivity contribution >= 4 is 5.97 Å². The monoisotopic (exact) mass is 346 g/mol. The fourth-order valence-corrected chi connectivity index (χ4v) is 3.40. The van der Waals surface area contributed by atoms with E-state index < -0.39 is 5.97 Å². The molecular weight excluding hydrogens is 324 g/mol. The lowest BCUT2D eigenvalue weighted by Crippen LogP contribution is -2.09. The summed E-state index contributed by atoms with van der Waals surface area (Å²) in [4.78, 5) is 11.9. The highest BCUT2D eigenvalue weighted by Gasteiger charge is 2.25. The van der Waals surface area contributed by atoms with Crippen molar-refractivity contribution in [2.24, 2.45) is 0 Å². The summed E-state index contributed by atoms with van der Waals surface area (Å²) in [7, 11) is 0. The normalized spacial score (nSPS) is 13.2. The number of aromatic carboxylic acids is 1. The average Bonchev–Trinajstić information content (AvgIpc) is 2.67. The third-order valence-electron chi connectivity index (χ3n) is 4.99. The van der Waals surface area contributed by atoms with Crippen molar-refractivity contribution in [2.45, 2.75) is 25.7 Å². The maximum absolute atomic E-state index is 11.9. The molecule has 0 bridgehead atoms. The van der Waals surface area contributed by atoms with Gasteiger partial charge in [0.05, 0.1) is 0 Å². The van der Waals surface area contributed by atoms with Gasteiger partial charge in [0, 0.05) is 17.4 Å². The fraction of sp³-hybridized carbons (Fsp3) is 0.174. The van der Waals surface area contributed by atoms with Crippen LogP contribution in [0.15, 0.2) is 72.8 Å². The molecule has 0 aromatic heterocycles. The first-order valence-corrected chi connectivity index (χ1v) is 8.69. The van der Waals surface area contributed by atoms with Gasteiger partial charge in [-0.2, -0.15) is 0 Å². The van der Waals surface area contributed by atoms with Crippen molar-refractivity contribution in [3.63, 3.8) is 0 Å². The number of carboxylic acids is 1. The standard InChI is InChI=1S/C23H22O3/c1-15(17-9-5-3-6-10-17)19-13-14-20(22(24)21(19)23(25)26)16(2)18-11-7-4-8-12-18/h3-16,24H,1-2H3,(H,25,26).